The van der Waals surface area contributed by atoms with Crippen LogP contribution in [0.15, 0.2) is 35.5 Å². The molecule has 0 aromatic carbocycles. The molecule has 0 fully saturated rings. The van der Waals surface area contributed by atoms with Gasteiger partial charge in [0.2, 0.25) is 5.91 Å². The summed E-state index contributed by atoms with van der Waals surface area (Å²) in [6.45, 7) is 8.05. The van der Waals surface area contributed by atoms with E-state index in [1.54, 1.807) is 18.5 Å². The molecule has 3 heterocycles. The molecule has 0 aliphatic carbocycles. The number of pyridine rings is 1. The monoisotopic (exact) mass is 385 g/mol. The fourth-order valence-electron chi connectivity index (χ4n) is 2.85. The van der Waals surface area contributed by atoms with Gasteiger partial charge < -0.3 is 5.32 Å². The van der Waals surface area contributed by atoms with Gasteiger partial charge in [-0.25, -0.2) is 4.68 Å². The van der Waals surface area contributed by atoms with Gasteiger partial charge in [-0.05, 0) is 23.6 Å². The average Bonchev–Trinajstić information content (AvgIpc) is 3.05. The molecular formula is C19H24N5O2P. The number of aromatic nitrogens is 4. The smallest absolute Gasteiger partial charge is 0.291 e. The van der Waals surface area contributed by atoms with Gasteiger partial charge in [-0.1, -0.05) is 27.7 Å². The van der Waals surface area contributed by atoms with Gasteiger partial charge in [0.1, 0.15) is 17.9 Å². The minimum Gasteiger partial charge on any atom is -0.324 e. The number of carbonyl (C=O) groups excluding carboxylic acids is 1. The molecule has 142 valence electrons. The number of nitrogens with one attached hydrogen (secondary N) is 1. The average molecular weight is 385 g/mol. The Hall–Kier alpha value is -2.53. The van der Waals surface area contributed by atoms with E-state index in [4.69, 9.17) is 0 Å². The van der Waals surface area contributed by atoms with E-state index in [-0.39, 0.29) is 23.9 Å². The molecule has 0 bridgehead atoms. The second-order valence-electron chi connectivity index (χ2n) is 7.17. The van der Waals surface area contributed by atoms with Crippen molar-refractivity contribution < 1.29 is 4.79 Å². The van der Waals surface area contributed by atoms with Gasteiger partial charge in [0.25, 0.3) is 5.56 Å². The highest BCUT2D eigenvalue weighted by atomic mass is 31.0. The zero-order valence-electron chi connectivity index (χ0n) is 15.9. The highest BCUT2D eigenvalue weighted by molar-refractivity contribution is 7.28. The van der Waals surface area contributed by atoms with Crippen molar-refractivity contribution in [1.82, 2.24) is 19.2 Å². The van der Waals surface area contributed by atoms with Crippen LogP contribution >= 0.6 is 9.24 Å². The van der Waals surface area contributed by atoms with Crippen LogP contribution in [0.3, 0.4) is 0 Å². The second kappa shape index (κ2) is 7.61. The Kier molecular flexibility index (Phi) is 5.42. The number of rotatable bonds is 5. The molecule has 0 saturated carbocycles. The summed E-state index contributed by atoms with van der Waals surface area (Å²) in [4.78, 5) is 29.3. The number of nitrogens with zero attached hydrogens (tertiary/aromatic N) is 4. The molecule has 0 aliphatic heterocycles. The van der Waals surface area contributed by atoms with Crippen molar-refractivity contribution in [3.8, 4) is 0 Å². The van der Waals surface area contributed by atoms with Crippen LogP contribution in [-0.2, 0) is 11.3 Å². The van der Waals surface area contributed by atoms with Crippen LogP contribution in [-0.4, -0.2) is 25.1 Å². The number of hydrogen-bond donors (Lipinski definition) is 1. The zero-order valence-corrected chi connectivity index (χ0v) is 17.1. The molecule has 8 heteroatoms. The third kappa shape index (κ3) is 3.93. The molecule has 7 nitrogen and oxygen atoms in total. The summed E-state index contributed by atoms with van der Waals surface area (Å²) in [6.07, 6.45) is 5.21. The highest BCUT2D eigenvalue weighted by Crippen LogP contribution is 2.20. The van der Waals surface area contributed by atoms with E-state index in [0.29, 0.717) is 17.1 Å². The van der Waals surface area contributed by atoms with Crippen molar-refractivity contribution in [3.05, 3.63) is 52.5 Å². The van der Waals surface area contributed by atoms with Crippen LogP contribution in [0.4, 0.5) is 5.69 Å². The Morgan fingerprint density at radius 2 is 2.00 bits per heavy atom. The van der Waals surface area contributed by atoms with Crippen molar-refractivity contribution in [2.75, 3.05) is 5.32 Å². The first-order valence-electron chi connectivity index (χ1n) is 8.90. The van der Waals surface area contributed by atoms with Gasteiger partial charge in [-0.3, -0.25) is 19.0 Å². The van der Waals surface area contributed by atoms with Crippen LogP contribution in [0, 0.1) is 0 Å². The quantitative estimate of drug-likeness (QED) is 0.683. The molecule has 0 saturated heterocycles. The lowest BCUT2D eigenvalue weighted by Crippen LogP contribution is -2.32. The largest absolute Gasteiger partial charge is 0.324 e. The number of anilines is 1. The fourth-order valence-corrected chi connectivity index (χ4v) is 3.10. The molecule has 0 radical (unpaired) electrons. The van der Waals surface area contributed by atoms with E-state index in [0.717, 1.165) is 16.7 Å². The predicted molar refractivity (Wildman–Crippen MR) is 110 cm³/mol. The van der Waals surface area contributed by atoms with Crippen LogP contribution in [0.25, 0.3) is 5.52 Å². The van der Waals surface area contributed by atoms with Crippen LogP contribution < -0.4 is 16.2 Å². The molecule has 3 aromatic rings. The van der Waals surface area contributed by atoms with E-state index >= 15 is 0 Å². The molecule has 1 amide bonds. The summed E-state index contributed by atoms with van der Waals surface area (Å²) in [5.41, 5.74) is 1.98. The number of amides is 1. The molecule has 0 spiro atoms. The van der Waals surface area contributed by atoms with E-state index < -0.39 is 0 Å². The molecule has 1 atom stereocenters. The van der Waals surface area contributed by atoms with Crippen molar-refractivity contribution in [2.45, 2.75) is 46.1 Å². The summed E-state index contributed by atoms with van der Waals surface area (Å²) in [6, 6.07) is 3.60. The summed E-state index contributed by atoms with van der Waals surface area (Å²) in [7, 11) is 2.52. The minimum atomic E-state index is -0.311. The van der Waals surface area contributed by atoms with Gasteiger partial charge in [0.05, 0.1) is 5.69 Å². The van der Waals surface area contributed by atoms with Gasteiger partial charge in [-0.2, -0.15) is 5.10 Å². The SMILES string of the molecule is CC(C)c1cc2c(=O)n(CC(=O)Nc3ccncc3P)nc(C(C)C)n2c1. The van der Waals surface area contributed by atoms with Crippen LogP contribution in [0.2, 0.25) is 0 Å². The van der Waals surface area contributed by atoms with Crippen molar-refractivity contribution in [1.29, 1.82) is 0 Å². The molecule has 1 unspecified atom stereocenters. The van der Waals surface area contributed by atoms with Crippen molar-refractivity contribution in [2.24, 2.45) is 0 Å². The van der Waals surface area contributed by atoms with Crippen molar-refractivity contribution >= 4 is 31.7 Å². The summed E-state index contributed by atoms with van der Waals surface area (Å²) in [5, 5.41) is 8.04. The Labute approximate surface area is 160 Å². The summed E-state index contributed by atoms with van der Waals surface area (Å²) >= 11 is 0. The van der Waals surface area contributed by atoms with Gasteiger partial charge in [0.15, 0.2) is 0 Å². The molecular weight excluding hydrogens is 361 g/mol. The minimum absolute atomic E-state index is 0.105. The van der Waals surface area contributed by atoms with E-state index in [1.165, 1.54) is 4.68 Å². The Morgan fingerprint density at radius 1 is 1.26 bits per heavy atom. The lowest BCUT2D eigenvalue weighted by atomic mass is 10.1. The maximum atomic E-state index is 12.9. The highest BCUT2D eigenvalue weighted by Gasteiger charge is 2.17. The standard InChI is InChI=1S/C19H24N5O2P/c1-11(2)13-7-15-19(26)24(22-18(12(3)4)23(15)9-13)10-17(25)21-14-5-6-20-8-16(14)27/h5-9,11-12H,10,27H2,1-4H3,(H,20,21,25). The number of carbonyl (C=O) groups is 1. The third-order valence-corrected chi connectivity index (χ3v) is 4.83. The third-order valence-electron chi connectivity index (χ3n) is 4.37. The van der Waals surface area contributed by atoms with E-state index in [9.17, 15) is 9.59 Å². The van der Waals surface area contributed by atoms with Crippen LogP contribution in [0.1, 0.15) is 50.9 Å². The van der Waals surface area contributed by atoms with Gasteiger partial charge >= 0.3 is 0 Å². The van der Waals surface area contributed by atoms with Gasteiger partial charge in [-0.15, -0.1) is 9.24 Å². The molecule has 27 heavy (non-hydrogen) atoms. The topological polar surface area (TPSA) is 81.3 Å². The number of hydrogen-bond acceptors (Lipinski definition) is 4. The molecule has 0 aliphatic rings. The molecule has 3 aromatic heterocycles. The Balaban J connectivity index is 1.99. The normalized spacial score (nSPS) is 11.5. The predicted octanol–water partition coefficient (Wildman–Crippen LogP) is 2.28. The second-order valence-corrected chi connectivity index (χ2v) is 7.79. The maximum absolute atomic E-state index is 12.9. The van der Waals surface area contributed by atoms with Crippen molar-refractivity contribution in [3.63, 3.8) is 0 Å². The van der Waals surface area contributed by atoms with Crippen LogP contribution in [0.5, 0.6) is 0 Å². The number of fused-ring (bicyclic) bond motifs is 1. The maximum Gasteiger partial charge on any atom is 0.291 e. The zero-order chi connectivity index (χ0) is 19.7. The lowest BCUT2D eigenvalue weighted by Gasteiger charge is -2.13. The Bertz CT molecular complexity index is 1050. The van der Waals surface area contributed by atoms with E-state index in [2.05, 4.69) is 38.5 Å². The first-order chi connectivity index (χ1) is 12.8. The Morgan fingerprint density at radius 3 is 2.63 bits per heavy atom. The first kappa shape index (κ1) is 19.2. The first-order valence-corrected chi connectivity index (χ1v) is 9.48. The lowest BCUT2D eigenvalue weighted by molar-refractivity contribution is -0.117. The van der Waals surface area contributed by atoms with Gasteiger partial charge in [0, 0.05) is 29.8 Å². The fraction of sp³-hybridized carbons (Fsp3) is 0.368. The molecule has 3 rings (SSSR count). The summed E-state index contributed by atoms with van der Waals surface area (Å²) in [5.74, 6) is 0.844. The summed E-state index contributed by atoms with van der Waals surface area (Å²) < 4.78 is 3.09. The molecule has 1 N–H and O–H groups in total. The van der Waals surface area contributed by atoms with E-state index in [1.807, 2.05) is 30.5 Å².